The second-order valence-corrected chi connectivity index (χ2v) is 5.39. The van der Waals surface area contributed by atoms with Gasteiger partial charge < -0.3 is 4.74 Å². The fourth-order valence-corrected chi connectivity index (χ4v) is 2.40. The molecule has 0 amide bonds. The first-order valence-electron chi connectivity index (χ1n) is 5.60. The third-order valence-corrected chi connectivity index (χ3v) is 3.90. The lowest BCUT2D eigenvalue weighted by atomic mass is 10.2. The third-order valence-electron chi connectivity index (χ3n) is 2.36. The molecule has 0 radical (unpaired) electrons. The van der Waals surface area contributed by atoms with Crippen molar-refractivity contribution in [3.8, 4) is 0 Å². The molecule has 1 aromatic rings. The normalized spacial score (nSPS) is 12.5. The van der Waals surface area contributed by atoms with Crippen molar-refractivity contribution in [2.24, 2.45) is 5.16 Å². The van der Waals surface area contributed by atoms with Crippen molar-refractivity contribution >= 4 is 22.8 Å². The van der Waals surface area contributed by atoms with Crippen molar-refractivity contribution in [2.75, 3.05) is 0 Å². The molecule has 7 heteroatoms. The number of esters is 1. The molecule has 0 aliphatic carbocycles. The Kier molecular flexibility index (Phi) is 5.50. The van der Waals surface area contributed by atoms with Crippen LogP contribution in [0.25, 0.3) is 0 Å². The van der Waals surface area contributed by atoms with Gasteiger partial charge in [-0.2, -0.15) is 8.42 Å². The summed E-state index contributed by atoms with van der Waals surface area (Å²) < 4.78 is 32.2. The van der Waals surface area contributed by atoms with E-state index in [0.29, 0.717) is 0 Å². The molecule has 0 aromatic heterocycles. The molecule has 0 heterocycles. The molecule has 0 saturated heterocycles. The second kappa shape index (κ2) is 6.89. The zero-order valence-corrected chi connectivity index (χ0v) is 11.3. The summed E-state index contributed by atoms with van der Waals surface area (Å²) in [6.07, 6.45) is 0.0332. The van der Waals surface area contributed by atoms with Gasteiger partial charge in [-0.25, -0.2) is 0 Å². The first-order valence-corrected chi connectivity index (χ1v) is 7.07. The topological polar surface area (TPSA) is 82.0 Å². The highest BCUT2D eigenvalue weighted by molar-refractivity contribution is 7.88. The Bertz CT molecular complexity index is 526. The van der Waals surface area contributed by atoms with E-state index in [-0.39, 0.29) is 13.0 Å². The van der Waals surface area contributed by atoms with Crippen molar-refractivity contribution in [2.45, 2.75) is 25.2 Å². The number of rotatable bonds is 7. The molecule has 1 atom stereocenters. The summed E-state index contributed by atoms with van der Waals surface area (Å²) in [7, 11) is -4.13. The summed E-state index contributed by atoms with van der Waals surface area (Å²) >= 11 is 0. The quantitative estimate of drug-likeness (QED) is 0.430. The van der Waals surface area contributed by atoms with Crippen LogP contribution < -0.4 is 0 Å². The lowest BCUT2D eigenvalue weighted by molar-refractivity contribution is -0.144. The number of carbonyl (C=O) groups is 1. The van der Waals surface area contributed by atoms with E-state index >= 15 is 0 Å². The highest BCUT2D eigenvalue weighted by Crippen LogP contribution is 2.12. The van der Waals surface area contributed by atoms with E-state index in [1.54, 1.807) is 31.2 Å². The van der Waals surface area contributed by atoms with E-state index < -0.39 is 21.3 Å². The molecule has 0 aliphatic rings. The first-order chi connectivity index (χ1) is 9.01. The van der Waals surface area contributed by atoms with Gasteiger partial charge in [-0.3, -0.25) is 9.08 Å². The van der Waals surface area contributed by atoms with Crippen LogP contribution >= 0.6 is 0 Å². The number of ether oxygens (including phenoxy) is 1. The molecule has 0 bridgehead atoms. The lowest BCUT2D eigenvalue weighted by Crippen LogP contribution is -2.32. The van der Waals surface area contributed by atoms with Gasteiger partial charge in [0.25, 0.3) is 0 Å². The minimum Gasteiger partial charge on any atom is -0.460 e. The van der Waals surface area contributed by atoms with E-state index in [2.05, 4.69) is 16.2 Å². The Morgan fingerprint density at radius 1 is 1.37 bits per heavy atom. The first kappa shape index (κ1) is 15.2. The smallest absolute Gasteiger partial charge is 0.342 e. The molecular weight excluding hydrogens is 270 g/mol. The molecule has 0 spiro atoms. The van der Waals surface area contributed by atoms with Crippen LogP contribution in [0.15, 0.2) is 35.5 Å². The van der Waals surface area contributed by atoms with E-state index in [1.807, 2.05) is 6.07 Å². The SMILES string of the molecule is C=NOS(=O)(=O)C(CC)C(=O)OCc1ccccc1. The average molecular weight is 285 g/mol. The van der Waals surface area contributed by atoms with Gasteiger partial charge in [0.1, 0.15) is 6.61 Å². The van der Waals surface area contributed by atoms with Crippen molar-refractivity contribution in [3.63, 3.8) is 0 Å². The van der Waals surface area contributed by atoms with E-state index in [1.165, 1.54) is 0 Å². The molecule has 19 heavy (non-hydrogen) atoms. The predicted molar refractivity (Wildman–Crippen MR) is 69.9 cm³/mol. The van der Waals surface area contributed by atoms with Crippen LogP contribution in [0.2, 0.25) is 0 Å². The molecular formula is C12H15NO5S. The van der Waals surface area contributed by atoms with Crippen LogP contribution in [-0.2, 0) is 30.5 Å². The molecule has 1 aromatic carbocycles. The monoisotopic (exact) mass is 285 g/mol. The molecule has 1 rings (SSSR count). The summed E-state index contributed by atoms with van der Waals surface area (Å²) in [5, 5.41) is 1.43. The molecule has 0 N–H and O–H groups in total. The Morgan fingerprint density at radius 3 is 2.53 bits per heavy atom. The maximum absolute atomic E-state index is 11.7. The second-order valence-electron chi connectivity index (χ2n) is 3.69. The van der Waals surface area contributed by atoms with Gasteiger partial charge in [0.2, 0.25) is 0 Å². The van der Waals surface area contributed by atoms with Crippen LogP contribution in [0.4, 0.5) is 0 Å². The Labute approximate surface area is 112 Å². The maximum atomic E-state index is 11.7. The summed E-state index contributed by atoms with van der Waals surface area (Å²) in [4.78, 5) is 11.7. The zero-order valence-electron chi connectivity index (χ0n) is 10.5. The number of hydrogen-bond acceptors (Lipinski definition) is 6. The molecule has 0 aliphatic heterocycles. The maximum Gasteiger partial charge on any atom is 0.342 e. The third kappa shape index (κ3) is 4.36. The van der Waals surface area contributed by atoms with Crippen LogP contribution in [0, 0.1) is 0 Å². The number of benzene rings is 1. The van der Waals surface area contributed by atoms with Crippen molar-refractivity contribution < 1.29 is 22.2 Å². The standard InChI is InChI=1S/C12H15NO5S/c1-3-11(19(15,16)18-13-2)12(14)17-9-10-7-5-4-6-8-10/h4-8,11H,2-3,9H2,1H3. The fraction of sp³-hybridized carbons (Fsp3) is 0.333. The van der Waals surface area contributed by atoms with Gasteiger partial charge in [0.15, 0.2) is 5.25 Å². The summed E-state index contributed by atoms with van der Waals surface area (Å²) in [6, 6.07) is 8.95. The van der Waals surface area contributed by atoms with Crippen molar-refractivity contribution in [3.05, 3.63) is 35.9 Å². The highest BCUT2D eigenvalue weighted by atomic mass is 32.2. The Hall–Kier alpha value is -1.89. The average Bonchev–Trinajstić information content (AvgIpc) is 2.38. The van der Waals surface area contributed by atoms with Gasteiger partial charge in [-0.1, -0.05) is 42.4 Å². The molecule has 0 saturated carbocycles. The molecule has 104 valence electrons. The summed E-state index contributed by atoms with van der Waals surface area (Å²) in [6.45, 7) is 4.46. The molecule has 1 unspecified atom stereocenters. The van der Waals surface area contributed by atoms with Gasteiger partial charge >= 0.3 is 16.1 Å². The fourth-order valence-electron chi connectivity index (χ4n) is 1.44. The van der Waals surface area contributed by atoms with Crippen LogP contribution in [-0.4, -0.2) is 26.4 Å². The molecule has 6 nitrogen and oxygen atoms in total. The number of hydrogen-bond donors (Lipinski definition) is 0. The summed E-state index contributed by atoms with van der Waals surface area (Å²) in [5.41, 5.74) is 0.769. The minimum absolute atomic E-state index is 0.00715. The zero-order chi connectivity index (χ0) is 14.3. The van der Waals surface area contributed by atoms with Gasteiger partial charge in [-0.05, 0) is 12.0 Å². The predicted octanol–water partition coefficient (Wildman–Crippen LogP) is 1.47. The number of nitrogens with zero attached hydrogens (tertiary/aromatic N) is 1. The Balaban J connectivity index is 2.68. The van der Waals surface area contributed by atoms with E-state index in [9.17, 15) is 13.2 Å². The van der Waals surface area contributed by atoms with Crippen molar-refractivity contribution in [1.29, 1.82) is 0 Å². The highest BCUT2D eigenvalue weighted by Gasteiger charge is 2.34. The number of carbonyl (C=O) groups excluding carboxylic acids is 1. The van der Waals surface area contributed by atoms with Gasteiger partial charge in [0, 0.05) is 6.72 Å². The van der Waals surface area contributed by atoms with Crippen LogP contribution in [0.1, 0.15) is 18.9 Å². The largest absolute Gasteiger partial charge is 0.460 e. The van der Waals surface area contributed by atoms with Gasteiger partial charge in [-0.15, -0.1) is 0 Å². The minimum atomic E-state index is -4.13. The van der Waals surface area contributed by atoms with E-state index in [4.69, 9.17) is 4.74 Å². The Morgan fingerprint density at radius 2 is 2.00 bits per heavy atom. The van der Waals surface area contributed by atoms with Crippen molar-refractivity contribution in [1.82, 2.24) is 0 Å². The van der Waals surface area contributed by atoms with Crippen LogP contribution in [0.3, 0.4) is 0 Å². The van der Waals surface area contributed by atoms with E-state index in [0.717, 1.165) is 5.56 Å². The number of oxime groups is 1. The van der Waals surface area contributed by atoms with Crippen LogP contribution in [0.5, 0.6) is 0 Å². The summed E-state index contributed by atoms with van der Waals surface area (Å²) in [5.74, 6) is -0.866. The molecule has 0 fully saturated rings. The lowest BCUT2D eigenvalue weighted by Gasteiger charge is -2.12. The van der Waals surface area contributed by atoms with Gasteiger partial charge in [0.05, 0.1) is 0 Å².